The molecule has 8 heteroatoms. The summed E-state index contributed by atoms with van der Waals surface area (Å²) in [7, 11) is 0. The first-order valence-corrected chi connectivity index (χ1v) is 8.89. The van der Waals surface area contributed by atoms with Gasteiger partial charge >= 0.3 is 0 Å². The van der Waals surface area contributed by atoms with Crippen LogP contribution in [0.3, 0.4) is 0 Å². The molecule has 0 saturated heterocycles. The summed E-state index contributed by atoms with van der Waals surface area (Å²) in [4.78, 5) is 24.3. The summed E-state index contributed by atoms with van der Waals surface area (Å²) < 4.78 is 1.53. The minimum Gasteiger partial charge on any atom is -0.347 e. The third kappa shape index (κ3) is 4.79. The molecule has 3 rings (SSSR count). The summed E-state index contributed by atoms with van der Waals surface area (Å²) in [5.41, 5.74) is 5.58. The maximum absolute atomic E-state index is 12.2. The fraction of sp³-hybridized carbons (Fsp3) is 0.250. The SMILES string of the molecule is Cc1cc(C)c(NC(=O)CNC(=O)Cc2ccc(-n3cnnn3)cc2)c(C)c1. The Kier molecular flexibility index (Phi) is 5.78. The normalized spacial score (nSPS) is 10.5. The molecule has 8 nitrogen and oxygen atoms in total. The number of rotatable bonds is 6. The molecule has 0 spiro atoms. The van der Waals surface area contributed by atoms with Gasteiger partial charge in [0.05, 0.1) is 18.7 Å². The standard InChI is InChI=1S/C20H22N6O2/c1-13-8-14(2)20(15(3)9-13)23-19(28)11-21-18(27)10-16-4-6-17(7-5-16)26-12-22-24-25-26/h4-9,12H,10-11H2,1-3H3,(H,21,27)(H,23,28). The molecule has 2 N–H and O–H groups in total. The van der Waals surface area contributed by atoms with Gasteiger partial charge in [-0.2, -0.15) is 0 Å². The number of nitrogens with one attached hydrogen (secondary N) is 2. The lowest BCUT2D eigenvalue weighted by atomic mass is 10.1. The molecule has 1 heterocycles. The molecule has 0 aliphatic carbocycles. The van der Waals surface area contributed by atoms with Crippen molar-refractivity contribution in [2.24, 2.45) is 0 Å². The van der Waals surface area contributed by atoms with Crippen LogP contribution in [0.15, 0.2) is 42.7 Å². The largest absolute Gasteiger partial charge is 0.347 e. The van der Waals surface area contributed by atoms with Gasteiger partial charge in [-0.1, -0.05) is 29.8 Å². The Morgan fingerprint density at radius 1 is 1.00 bits per heavy atom. The van der Waals surface area contributed by atoms with E-state index in [2.05, 4.69) is 26.2 Å². The number of hydrogen-bond acceptors (Lipinski definition) is 5. The van der Waals surface area contributed by atoms with Crippen LogP contribution in [-0.4, -0.2) is 38.6 Å². The van der Waals surface area contributed by atoms with E-state index in [4.69, 9.17) is 0 Å². The lowest BCUT2D eigenvalue weighted by molar-refractivity contribution is -0.123. The number of aromatic nitrogens is 4. The summed E-state index contributed by atoms with van der Waals surface area (Å²) in [6, 6.07) is 11.3. The molecule has 3 aromatic rings. The second-order valence-corrected chi connectivity index (χ2v) is 6.70. The van der Waals surface area contributed by atoms with Crippen LogP contribution < -0.4 is 10.6 Å². The Labute approximate surface area is 163 Å². The summed E-state index contributed by atoms with van der Waals surface area (Å²) in [5.74, 6) is -0.472. The summed E-state index contributed by atoms with van der Waals surface area (Å²) in [6.07, 6.45) is 1.68. The number of anilines is 1. The molecule has 0 bridgehead atoms. The lowest BCUT2D eigenvalue weighted by Crippen LogP contribution is -2.34. The van der Waals surface area contributed by atoms with Gasteiger partial charge in [-0.3, -0.25) is 9.59 Å². The molecule has 2 aromatic carbocycles. The molecule has 0 aliphatic rings. The highest BCUT2D eigenvalue weighted by Gasteiger charge is 2.10. The maximum atomic E-state index is 12.2. The second-order valence-electron chi connectivity index (χ2n) is 6.70. The van der Waals surface area contributed by atoms with Crippen molar-refractivity contribution in [3.8, 4) is 5.69 Å². The van der Waals surface area contributed by atoms with Crippen molar-refractivity contribution in [2.45, 2.75) is 27.2 Å². The minimum absolute atomic E-state index is 0.0751. The fourth-order valence-electron chi connectivity index (χ4n) is 3.03. The lowest BCUT2D eigenvalue weighted by Gasteiger charge is -2.13. The Morgan fingerprint density at radius 2 is 1.68 bits per heavy atom. The van der Waals surface area contributed by atoms with E-state index in [1.165, 1.54) is 11.0 Å². The van der Waals surface area contributed by atoms with E-state index in [9.17, 15) is 9.59 Å². The minimum atomic E-state index is -0.252. The summed E-state index contributed by atoms with van der Waals surface area (Å²) in [6.45, 7) is 5.84. The number of amides is 2. The Hall–Kier alpha value is -3.55. The number of nitrogens with zero attached hydrogens (tertiary/aromatic N) is 4. The van der Waals surface area contributed by atoms with E-state index in [-0.39, 0.29) is 24.8 Å². The number of aryl methyl sites for hydroxylation is 3. The molecule has 0 saturated carbocycles. The van der Waals surface area contributed by atoms with Crippen molar-refractivity contribution in [1.29, 1.82) is 0 Å². The van der Waals surface area contributed by atoms with Crippen LogP contribution in [0.1, 0.15) is 22.3 Å². The van der Waals surface area contributed by atoms with Crippen molar-refractivity contribution in [1.82, 2.24) is 25.5 Å². The Morgan fingerprint density at radius 3 is 2.29 bits per heavy atom. The van der Waals surface area contributed by atoms with Crippen molar-refractivity contribution >= 4 is 17.5 Å². The van der Waals surface area contributed by atoms with Crippen LogP contribution in [0.5, 0.6) is 0 Å². The Balaban J connectivity index is 1.51. The maximum Gasteiger partial charge on any atom is 0.243 e. The van der Waals surface area contributed by atoms with Gasteiger partial charge in [-0.05, 0) is 60.0 Å². The van der Waals surface area contributed by atoms with Crippen molar-refractivity contribution in [2.75, 3.05) is 11.9 Å². The van der Waals surface area contributed by atoms with Gasteiger partial charge in [-0.25, -0.2) is 4.68 Å². The molecule has 0 atom stereocenters. The fourth-order valence-corrected chi connectivity index (χ4v) is 3.03. The molecule has 28 heavy (non-hydrogen) atoms. The van der Waals surface area contributed by atoms with Crippen LogP contribution in [0, 0.1) is 20.8 Å². The van der Waals surface area contributed by atoms with Gasteiger partial charge in [0.25, 0.3) is 0 Å². The number of carbonyl (C=O) groups is 2. The first-order valence-electron chi connectivity index (χ1n) is 8.89. The number of hydrogen-bond donors (Lipinski definition) is 2. The third-order valence-electron chi connectivity index (χ3n) is 4.30. The van der Waals surface area contributed by atoms with Gasteiger partial charge in [0.15, 0.2) is 0 Å². The predicted octanol–water partition coefficient (Wildman–Crippen LogP) is 1.88. The van der Waals surface area contributed by atoms with Crippen molar-refractivity contribution in [3.63, 3.8) is 0 Å². The second kappa shape index (κ2) is 8.43. The van der Waals surface area contributed by atoms with Gasteiger partial charge in [0.2, 0.25) is 11.8 Å². The first-order chi connectivity index (χ1) is 13.4. The van der Waals surface area contributed by atoms with Gasteiger partial charge < -0.3 is 10.6 Å². The van der Waals surface area contributed by atoms with Crippen LogP contribution in [-0.2, 0) is 16.0 Å². The van der Waals surface area contributed by atoms with E-state index in [1.54, 1.807) is 0 Å². The van der Waals surface area contributed by atoms with Crippen LogP contribution >= 0.6 is 0 Å². The third-order valence-corrected chi connectivity index (χ3v) is 4.30. The molecule has 1 aromatic heterocycles. The van der Waals surface area contributed by atoms with Crippen LogP contribution in [0.2, 0.25) is 0 Å². The average molecular weight is 378 g/mol. The number of benzene rings is 2. The van der Waals surface area contributed by atoms with E-state index in [0.29, 0.717) is 0 Å². The van der Waals surface area contributed by atoms with Crippen molar-refractivity contribution < 1.29 is 9.59 Å². The molecular formula is C20H22N6O2. The van der Waals surface area contributed by atoms with Crippen molar-refractivity contribution in [3.05, 3.63) is 65.0 Å². The first kappa shape index (κ1) is 19.2. The molecule has 0 radical (unpaired) electrons. The molecule has 2 amide bonds. The Bertz CT molecular complexity index is 957. The summed E-state index contributed by atoms with van der Waals surface area (Å²) >= 11 is 0. The highest BCUT2D eigenvalue weighted by Crippen LogP contribution is 2.21. The molecule has 0 fully saturated rings. The van der Waals surface area contributed by atoms with E-state index in [0.717, 1.165) is 33.6 Å². The highest BCUT2D eigenvalue weighted by atomic mass is 16.2. The van der Waals surface area contributed by atoms with Gasteiger partial charge in [0.1, 0.15) is 6.33 Å². The number of tetrazole rings is 1. The molecule has 144 valence electrons. The zero-order valence-corrected chi connectivity index (χ0v) is 16.1. The molecule has 0 unspecified atom stereocenters. The molecule has 0 aliphatic heterocycles. The molecular weight excluding hydrogens is 356 g/mol. The van der Waals surface area contributed by atoms with Gasteiger partial charge in [-0.15, -0.1) is 5.10 Å². The van der Waals surface area contributed by atoms with Gasteiger partial charge in [0, 0.05) is 5.69 Å². The smallest absolute Gasteiger partial charge is 0.243 e. The monoisotopic (exact) mass is 378 g/mol. The highest BCUT2D eigenvalue weighted by molar-refractivity contribution is 5.96. The van der Waals surface area contributed by atoms with E-state index in [1.807, 2.05) is 57.2 Å². The quantitative estimate of drug-likeness (QED) is 0.682. The van der Waals surface area contributed by atoms with E-state index >= 15 is 0 Å². The summed E-state index contributed by atoms with van der Waals surface area (Å²) in [5, 5.41) is 16.5. The zero-order valence-electron chi connectivity index (χ0n) is 16.1. The van der Waals surface area contributed by atoms with Crippen LogP contribution in [0.25, 0.3) is 5.69 Å². The predicted molar refractivity (Wildman–Crippen MR) is 105 cm³/mol. The number of carbonyl (C=O) groups excluding carboxylic acids is 2. The topological polar surface area (TPSA) is 102 Å². The van der Waals surface area contributed by atoms with Crippen LogP contribution in [0.4, 0.5) is 5.69 Å². The average Bonchev–Trinajstić information content (AvgIpc) is 3.18. The van der Waals surface area contributed by atoms with E-state index < -0.39 is 0 Å². The zero-order chi connectivity index (χ0) is 20.1.